The second kappa shape index (κ2) is 6.25. The summed E-state index contributed by atoms with van der Waals surface area (Å²) in [6, 6.07) is 3.48. The van der Waals surface area contributed by atoms with E-state index in [4.69, 9.17) is 16.3 Å². The van der Waals surface area contributed by atoms with Crippen molar-refractivity contribution < 1.29 is 14.3 Å². The molecule has 3 aliphatic rings. The SMILES string of the molecule is CCOc1c(Cl)cc(C=NN2C(=O)[C@@H]3[C@H](C2=O)[C@H]2C=C[C@H]3C2)cc1Br. The Kier molecular flexibility index (Phi) is 4.20. The van der Waals surface area contributed by atoms with Gasteiger partial charge < -0.3 is 4.74 Å². The minimum absolute atomic E-state index is 0.181. The van der Waals surface area contributed by atoms with Crippen LogP contribution in [-0.2, 0) is 9.59 Å². The Morgan fingerprint density at radius 3 is 2.48 bits per heavy atom. The second-order valence-electron chi connectivity index (χ2n) is 6.48. The van der Waals surface area contributed by atoms with Crippen molar-refractivity contribution >= 4 is 45.6 Å². The van der Waals surface area contributed by atoms with E-state index in [1.807, 2.05) is 6.92 Å². The lowest BCUT2D eigenvalue weighted by molar-refractivity contribution is -0.140. The van der Waals surface area contributed by atoms with Gasteiger partial charge in [-0.3, -0.25) is 9.59 Å². The lowest BCUT2D eigenvalue weighted by Gasteiger charge is -2.13. The summed E-state index contributed by atoms with van der Waals surface area (Å²) in [6.45, 7) is 2.38. The number of hydrazone groups is 1. The maximum Gasteiger partial charge on any atom is 0.254 e. The number of imide groups is 1. The Morgan fingerprint density at radius 2 is 1.92 bits per heavy atom. The number of amides is 2. The zero-order valence-corrected chi connectivity index (χ0v) is 15.8. The zero-order chi connectivity index (χ0) is 17.7. The molecule has 0 unspecified atom stereocenters. The van der Waals surface area contributed by atoms with Crippen molar-refractivity contribution in [1.29, 1.82) is 0 Å². The maximum atomic E-state index is 12.6. The van der Waals surface area contributed by atoms with Gasteiger partial charge in [0.1, 0.15) is 0 Å². The molecule has 1 saturated heterocycles. The summed E-state index contributed by atoms with van der Waals surface area (Å²) in [5.74, 6) is 0.0530. The Morgan fingerprint density at radius 1 is 1.28 bits per heavy atom. The summed E-state index contributed by atoms with van der Waals surface area (Å²) in [6.07, 6.45) is 6.52. The molecule has 7 heteroatoms. The molecular formula is C18H16BrClN2O3. The number of hydrogen-bond acceptors (Lipinski definition) is 4. The van der Waals surface area contributed by atoms with Gasteiger partial charge in [0, 0.05) is 0 Å². The van der Waals surface area contributed by atoms with E-state index in [0.717, 1.165) is 11.4 Å². The van der Waals surface area contributed by atoms with Crippen molar-refractivity contribution in [2.45, 2.75) is 13.3 Å². The zero-order valence-electron chi connectivity index (χ0n) is 13.5. The third kappa shape index (κ3) is 2.62. The maximum absolute atomic E-state index is 12.6. The molecule has 1 heterocycles. The highest BCUT2D eigenvalue weighted by molar-refractivity contribution is 9.10. The highest BCUT2D eigenvalue weighted by atomic mass is 79.9. The molecule has 0 spiro atoms. The van der Waals surface area contributed by atoms with Gasteiger partial charge in [-0.05, 0) is 58.8 Å². The van der Waals surface area contributed by atoms with Crippen molar-refractivity contribution in [3.8, 4) is 5.75 Å². The van der Waals surface area contributed by atoms with E-state index in [9.17, 15) is 9.59 Å². The first-order valence-electron chi connectivity index (χ1n) is 8.23. The molecule has 0 aromatic heterocycles. The van der Waals surface area contributed by atoms with Crippen LogP contribution in [0.5, 0.6) is 5.75 Å². The van der Waals surface area contributed by atoms with E-state index in [2.05, 4.69) is 33.2 Å². The van der Waals surface area contributed by atoms with Crippen LogP contribution in [0.3, 0.4) is 0 Å². The van der Waals surface area contributed by atoms with Gasteiger partial charge in [-0.1, -0.05) is 23.8 Å². The molecule has 2 amide bonds. The first kappa shape index (κ1) is 16.8. The van der Waals surface area contributed by atoms with Gasteiger partial charge in [0.05, 0.1) is 34.2 Å². The van der Waals surface area contributed by atoms with Gasteiger partial charge in [-0.25, -0.2) is 0 Å². The number of benzene rings is 1. The summed E-state index contributed by atoms with van der Waals surface area (Å²) in [7, 11) is 0. The quantitative estimate of drug-likeness (QED) is 0.422. The molecule has 5 nitrogen and oxygen atoms in total. The van der Waals surface area contributed by atoms with Crippen LogP contribution in [0.15, 0.2) is 33.9 Å². The highest BCUT2D eigenvalue weighted by Gasteiger charge is 2.59. The number of fused-ring (bicyclic) bond motifs is 5. The first-order valence-corrected chi connectivity index (χ1v) is 9.40. The predicted molar refractivity (Wildman–Crippen MR) is 97.5 cm³/mol. The van der Waals surface area contributed by atoms with E-state index in [1.165, 1.54) is 6.21 Å². The molecule has 1 aliphatic heterocycles. The Labute approximate surface area is 158 Å². The van der Waals surface area contributed by atoms with Gasteiger partial charge in [-0.2, -0.15) is 10.1 Å². The summed E-state index contributed by atoms with van der Waals surface area (Å²) < 4.78 is 6.16. The molecule has 1 aromatic rings. The molecule has 1 saturated carbocycles. The van der Waals surface area contributed by atoms with Crippen LogP contribution in [0.1, 0.15) is 18.9 Å². The number of carbonyl (C=O) groups is 2. The average molecular weight is 424 g/mol. The summed E-state index contributed by atoms with van der Waals surface area (Å²) in [5.41, 5.74) is 0.680. The number of halogens is 2. The fourth-order valence-corrected chi connectivity index (χ4v) is 5.05. The lowest BCUT2D eigenvalue weighted by Crippen LogP contribution is -2.28. The molecule has 25 heavy (non-hydrogen) atoms. The van der Waals surface area contributed by atoms with Crippen LogP contribution in [0, 0.1) is 23.7 Å². The molecule has 2 aliphatic carbocycles. The second-order valence-corrected chi connectivity index (χ2v) is 7.74. The number of hydrogen-bond donors (Lipinski definition) is 0. The Bertz CT molecular complexity index is 770. The molecular weight excluding hydrogens is 408 g/mol. The lowest BCUT2D eigenvalue weighted by atomic mass is 9.85. The van der Waals surface area contributed by atoms with Gasteiger partial charge in [0.25, 0.3) is 11.8 Å². The van der Waals surface area contributed by atoms with Gasteiger partial charge in [-0.15, -0.1) is 0 Å². The molecule has 4 atom stereocenters. The van der Waals surface area contributed by atoms with E-state index >= 15 is 0 Å². The minimum atomic E-state index is -0.240. The predicted octanol–water partition coefficient (Wildman–Crippen LogP) is 3.64. The molecule has 2 bridgehead atoms. The summed E-state index contributed by atoms with van der Waals surface area (Å²) in [5, 5.41) is 5.62. The largest absolute Gasteiger partial charge is 0.491 e. The average Bonchev–Trinajstić information content (AvgIpc) is 3.24. The van der Waals surface area contributed by atoms with E-state index in [-0.39, 0.29) is 35.5 Å². The van der Waals surface area contributed by atoms with Crippen molar-refractivity contribution in [3.63, 3.8) is 0 Å². The number of nitrogens with zero attached hydrogens (tertiary/aromatic N) is 2. The molecule has 2 fully saturated rings. The number of rotatable bonds is 4. The van der Waals surface area contributed by atoms with Crippen LogP contribution in [-0.4, -0.2) is 29.6 Å². The fraction of sp³-hybridized carbons (Fsp3) is 0.389. The fourth-order valence-electron chi connectivity index (χ4n) is 4.06. The molecule has 4 rings (SSSR count). The smallest absolute Gasteiger partial charge is 0.254 e. The standard InChI is InChI=1S/C18H16BrClN2O3/c1-2-25-16-12(19)5-9(6-13(16)20)8-21-22-17(23)14-10-3-4-11(7-10)15(14)18(22)24/h3-6,8,10-11,14-15H,2,7H2,1H3/t10-,11-,14-,15+/m0/s1. The molecule has 0 N–H and O–H groups in total. The monoisotopic (exact) mass is 422 g/mol. The number of carbonyl (C=O) groups excluding carboxylic acids is 2. The van der Waals surface area contributed by atoms with Crippen molar-refractivity contribution in [1.82, 2.24) is 5.01 Å². The number of allylic oxidation sites excluding steroid dienone is 2. The van der Waals surface area contributed by atoms with Gasteiger partial charge in [0.2, 0.25) is 0 Å². The van der Waals surface area contributed by atoms with Crippen LogP contribution in [0.25, 0.3) is 0 Å². The van der Waals surface area contributed by atoms with Crippen LogP contribution in [0.2, 0.25) is 5.02 Å². The van der Waals surface area contributed by atoms with Crippen molar-refractivity contribution in [2.75, 3.05) is 6.61 Å². The first-order chi connectivity index (χ1) is 12.0. The van der Waals surface area contributed by atoms with Gasteiger partial charge in [0.15, 0.2) is 5.75 Å². The van der Waals surface area contributed by atoms with Gasteiger partial charge >= 0.3 is 0 Å². The summed E-state index contributed by atoms with van der Waals surface area (Å²) >= 11 is 9.63. The Balaban J connectivity index is 1.57. The van der Waals surface area contributed by atoms with Crippen LogP contribution in [0.4, 0.5) is 0 Å². The molecule has 1 aromatic carbocycles. The van der Waals surface area contributed by atoms with E-state index < -0.39 is 0 Å². The molecule has 0 radical (unpaired) electrons. The normalized spacial score (nSPS) is 30.0. The Hall–Kier alpha value is -1.66. The van der Waals surface area contributed by atoms with Crippen molar-refractivity contribution in [2.24, 2.45) is 28.8 Å². The topological polar surface area (TPSA) is 59.0 Å². The van der Waals surface area contributed by atoms with Crippen molar-refractivity contribution in [3.05, 3.63) is 39.3 Å². The minimum Gasteiger partial charge on any atom is -0.491 e. The third-order valence-electron chi connectivity index (χ3n) is 5.08. The third-order valence-corrected chi connectivity index (χ3v) is 5.95. The van der Waals surface area contributed by atoms with Crippen LogP contribution >= 0.6 is 27.5 Å². The summed E-state index contributed by atoms with van der Waals surface area (Å²) in [4.78, 5) is 25.2. The van der Waals surface area contributed by atoms with Crippen LogP contribution < -0.4 is 4.74 Å². The number of ether oxygens (including phenoxy) is 1. The molecule has 130 valence electrons. The van der Waals surface area contributed by atoms with E-state index in [0.29, 0.717) is 27.4 Å². The van der Waals surface area contributed by atoms with E-state index in [1.54, 1.807) is 12.1 Å². The highest BCUT2D eigenvalue weighted by Crippen LogP contribution is 2.52.